The number of anilines is 3. The number of methoxy groups -OCH3 is 2. The van der Waals surface area contributed by atoms with E-state index in [0.717, 1.165) is 11.3 Å². The molecule has 2 aromatic carbocycles. The van der Waals surface area contributed by atoms with Gasteiger partial charge in [-0.2, -0.15) is 0 Å². The molecule has 1 amide bonds. The summed E-state index contributed by atoms with van der Waals surface area (Å²) in [5.41, 5.74) is 2.87. The van der Waals surface area contributed by atoms with Crippen LogP contribution in [0.4, 0.5) is 17.1 Å². The van der Waals surface area contributed by atoms with Gasteiger partial charge >= 0.3 is 0 Å². The second-order valence-corrected chi connectivity index (χ2v) is 7.04. The van der Waals surface area contributed by atoms with E-state index >= 15 is 0 Å². The van der Waals surface area contributed by atoms with Crippen LogP contribution in [0.5, 0.6) is 11.5 Å². The molecule has 1 heterocycles. The van der Waals surface area contributed by atoms with E-state index in [1.54, 1.807) is 43.5 Å². The molecule has 1 aromatic heterocycles. The van der Waals surface area contributed by atoms with Crippen molar-refractivity contribution in [1.29, 1.82) is 0 Å². The number of halogens is 1. The van der Waals surface area contributed by atoms with Gasteiger partial charge in [-0.25, -0.2) is 0 Å². The molecule has 0 fully saturated rings. The Hall–Kier alpha value is -3.23. The zero-order valence-electron chi connectivity index (χ0n) is 16.5. The lowest BCUT2D eigenvalue weighted by Crippen LogP contribution is -2.20. The number of amides is 1. The van der Waals surface area contributed by atoms with E-state index < -0.39 is 0 Å². The Balaban J connectivity index is 1.68. The summed E-state index contributed by atoms with van der Waals surface area (Å²) in [6.07, 6.45) is 1.45. The molecule has 0 atom stereocenters. The third-order valence-corrected chi connectivity index (χ3v) is 4.70. The van der Waals surface area contributed by atoms with Gasteiger partial charge in [-0.15, -0.1) is 0 Å². The molecule has 0 radical (unpaired) electrons. The fraction of sp³-hybridized carbons (Fsp3) is 0.143. The Morgan fingerprint density at radius 2 is 1.77 bits per heavy atom. The summed E-state index contributed by atoms with van der Waals surface area (Å²) in [5.74, 6) is 0.965. The van der Waals surface area contributed by atoms with E-state index in [1.807, 2.05) is 13.0 Å². The van der Waals surface area contributed by atoms with Gasteiger partial charge in [0, 0.05) is 17.4 Å². The molecule has 156 valence electrons. The molecular formula is C21H20ClN3O4S. The molecule has 0 aliphatic carbocycles. The monoisotopic (exact) mass is 445 g/mol. The van der Waals surface area contributed by atoms with Crippen LogP contribution in [0.1, 0.15) is 16.1 Å². The average Bonchev–Trinajstić information content (AvgIpc) is 3.25. The number of carbonyl (C=O) groups is 1. The Kier molecular flexibility index (Phi) is 6.81. The molecule has 0 unspecified atom stereocenters. The highest BCUT2D eigenvalue weighted by atomic mass is 35.5. The predicted octanol–water partition coefficient (Wildman–Crippen LogP) is 5.32. The van der Waals surface area contributed by atoms with Crippen LogP contribution in [0.25, 0.3) is 0 Å². The minimum atomic E-state index is -0.315. The summed E-state index contributed by atoms with van der Waals surface area (Å²) in [5, 5.41) is 9.75. The molecular weight excluding hydrogens is 426 g/mol. The molecule has 0 aliphatic rings. The summed E-state index contributed by atoms with van der Waals surface area (Å²) in [6, 6.07) is 12.1. The lowest BCUT2D eigenvalue weighted by atomic mass is 10.1. The fourth-order valence-corrected chi connectivity index (χ4v) is 3.18. The highest BCUT2D eigenvalue weighted by Crippen LogP contribution is 2.36. The van der Waals surface area contributed by atoms with Gasteiger partial charge in [-0.3, -0.25) is 4.79 Å². The minimum absolute atomic E-state index is 0.245. The molecule has 7 nitrogen and oxygen atoms in total. The van der Waals surface area contributed by atoms with Crippen LogP contribution in [-0.2, 0) is 0 Å². The summed E-state index contributed by atoms with van der Waals surface area (Å²) < 4.78 is 15.7. The van der Waals surface area contributed by atoms with Gasteiger partial charge < -0.3 is 29.8 Å². The molecule has 3 rings (SSSR count). The Labute approximate surface area is 184 Å². The van der Waals surface area contributed by atoms with Crippen molar-refractivity contribution in [1.82, 2.24) is 0 Å². The lowest BCUT2D eigenvalue weighted by Gasteiger charge is -2.16. The van der Waals surface area contributed by atoms with Gasteiger partial charge in [0.2, 0.25) is 0 Å². The largest absolute Gasteiger partial charge is 0.495 e. The number of furan rings is 1. The van der Waals surface area contributed by atoms with Crippen molar-refractivity contribution in [3.05, 3.63) is 65.1 Å². The van der Waals surface area contributed by atoms with E-state index in [4.69, 9.17) is 37.7 Å². The quantitative estimate of drug-likeness (QED) is 0.443. The van der Waals surface area contributed by atoms with Crippen LogP contribution in [0, 0.1) is 6.92 Å². The normalized spacial score (nSPS) is 10.3. The van der Waals surface area contributed by atoms with E-state index in [1.165, 1.54) is 13.4 Å². The number of carbonyl (C=O) groups excluding carboxylic acids is 1. The Bertz CT molecular complexity index is 1070. The summed E-state index contributed by atoms with van der Waals surface area (Å²) in [4.78, 5) is 12.1. The van der Waals surface area contributed by atoms with Crippen LogP contribution in [0.15, 0.2) is 53.1 Å². The van der Waals surface area contributed by atoms with Gasteiger partial charge in [-0.05, 0) is 61.1 Å². The van der Waals surface area contributed by atoms with Gasteiger partial charge in [0.25, 0.3) is 5.91 Å². The minimum Gasteiger partial charge on any atom is -0.495 e. The average molecular weight is 446 g/mol. The summed E-state index contributed by atoms with van der Waals surface area (Å²) in [7, 11) is 3.08. The fourth-order valence-electron chi connectivity index (χ4n) is 2.72. The van der Waals surface area contributed by atoms with Gasteiger partial charge in [0.15, 0.2) is 10.9 Å². The predicted molar refractivity (Wildman–Crippen MR) is 122 cm³/mol. The molecule has 30 heavy (non-hydrogen) atoms. The zero-order valence-corrected chi connectivity index (χ0v) is 18.1. The second-order valence-electron chi connectivity index (χ2n) is 6.23. The van der Waals surface area contributed by atoms with E-state index in [-0.39, 0.29) is 11.7 Å². The molecule has 0 spiro atoms. The molecule has 0 aliphatic heterocycles. The van der Waals surface area contributed by atoms with Crippen molar-refractivity contribution < 1.29 is 18.7 Å². The van der Waals surface area contributed by atoms with Crippen molar-refractivity contribution >= 4 is 51.9 Å². The molecule has 9 heteroatoms. The first-order valence-electron chi connectivity index (χ1n) is 8.86. The topological polar surface area (TPSA) is 84.8 Å². The standard InChI is InChI=1S/C21H20ClN3O4S/c1-12-9-13(6-7-15(12)24-20(26)17-5-4-8-29-17)23-21(30)25-16-10-14(22)18(27-2)11-19(16)28-3/h4-11H,1-3H3,(H,24,26)(H2,23,25,30). The number of rotatable bonds is 6. The van der Waals surface area contributed by atoms with Gasteiger partial charge in [-0.1, -0.05) is 11.6 Å². The summed E-state index contributed by atoms with van der Waals surface area (Å²) >= 11 is 11.6. The first-order valence-corrected chi connectivity index (χ1v) is 9.65. The van der Waals surface area contributed by atoms with Crippen LogP contribution in [0.3, 0.4) is 0 Å². The van der Waals surface area contributed by atoms with Crippen molar-refractivity contribution in [2.45, 2.75) is 6.92 Å². The maximum atomic E-state index is 12.1. The lowest BCUT2D eigenvalue weighted by molar-refractivity contribution is 0.0996. The maximum absolute atomic E-state index is 12.1. The first kappa shape index (κ1) is 21.5. The molecule has 0 bridgehead atoms. The molecule has 0 saturated carbocycles. The Morgan fingerprint density at radius 1 is 1.00 bits per heavy atom. The Morgan fingerprint density at radius 3 is 2.40 bits per heavy atom. The highest BCUT2D eigenvalue weighted by molar-refractivity contribution is 7.80. The van der Waals surface area contributed by atoms with E-state index in [2.05, 4.69) is 16.0 Å². The smallest absolute Gasteiger partial charge is 0.291 e. The number of hydrogen-bond donors (Lipinski definition) is 3. The second kappa shape index (κ2) is 9.51. The number of ether oxygens (including phenoxy) is 2. The van der Waals surface area contributed by atoms with Crippen LogP contribution < -0.4 is 25.4 Å². The van der Waals surface area contributed by atoms with Crippen molar-refractivity contribution in [3.8, 4) is 11.5 Å². The van der Waals surface area contributed by atoms with Crippen LogP contribution in [-0.4, -0.2) is 25.2 Å². The third kappa shape index (κ3) is 5.03. The molecule has 3 N–H and O–H groups in total. The maximum Gasteiger partial charge on any atom is 0.291 e. The number of thiocarbonyl (C=S) groups is 1. The number of aryl methyl sites for hydroxylation is 1. The number of benzene rings is 2. The van der Waals surface area contributed by atoms with E-state index in [9.17, 15) is 4.79 Å². The number of hydrogen-bond acceptors (Lipinski definition) is 5. The molecule has 3 aromatic rings. The SMILES string of the molecule is COc1cc(OC)c(NC(=S)Nc2ccc(NC(=O)c3ccco3)c(C)c2)cc1Cl. The van der Waals surface area contributed by atoms with Crippen molar-refractivity contribution in [3.63, 3.8) is 0 Å². The summed E-state index contributed by atoms with van der Waals surface area (Å²) in [6.45, 7) is 1.88. The van der Waals surface area contributed by atoms with Gasteiger partial charge in [0.1, 0.15) is 11.5 Å². The molecule has 0 saturated heterocycles. The van der Waals surface area contributed by atoms with E-state index in [0.29, 0.717) is 33.0 Å². The van der Waals surface area contributed by atoms with Crippen LogP contribution in [0.2, 0.25) is 5.02 Å². The third-order valence-electron chi connectivity index (χ3n) is 4.20. The first-order chi connectivity index (χ1) is 14.4. The zero-order chi connectivity index (χ0) is 21.7. The van der Waals surface area contributed by atoms with Crippen LogP contribution >= 0.6 is 23.8 Å². The number of nitrogens with one attached hydrogen (secondary N) is 3. The van der Waals surface area contributed by atoms with Crippen molar-refractivity contribution in [2.75, 3.05) is 30.2 Å². The van der Waals surface area contributed by atoms with Gasteiger partial charge in [0.05, 0.1) is 31.2 Å². The highest BCUT2D eigenvalue weighted by Gasteiger charge is 2.13. The van der Waals surface area contributed by atoms with Crippen molar-refractivity contribution in [2.24, 2.45) is 0 Å².